The minimum absolute atomic E-state index is 0.921. The van der Waals surface area contributed by atoms with Crippen LogP contribution in [0.2, 0.25) is 0 Å². The zero-order chi connectivity index (χ0) is 34.9. The molecule has 53 heavy (non-hydrogen) atoms. The molecule has 2 heterocycles. The molecule has 0 aliphatic heterocycles. The van der Waals surface area contributed by atoms with Gasteiger partial charge in [-0.15, -0.1) is 11.3 Å². The SMILES string of the molecule is c1ccc(N(c2ccc(-c3cc4c5cccc(-c6ccc7ccccc7c6)c5oc4c4ccccc34)cc2)c2ccc3c(c2)sc2ccccc23)cc1. The quantitative estimate of drug-likeness (QED) is 0.178. The third kappa shape index (κ3) is 4.86. The highest BCUT2D eigenvalue weighted by molar-refractivity contribution is 7.25. The Hall–Kier alpha value is -6.68. The lowest BCUT2D eigenvalue weighted by atomic mass is 9.94. The first-order valence-corrected chi connectivity index (χ1v) is 18.8. The van der Waals surface area contributed by atoms with Crippen molar-refractivity contribution in [1.82, 2.24) is 0 Å². The summed E-state index contributed by atoms with van der Waals surface area (Å²) in [6.45, 7) is 0. The van der Waals surface area contributed by atoms with Crippen LogP contribution in [0.1, 0.15) is 0 Å². The molecule has 0 atom stereocenters. The third-order valence-corrected chi connectivity index (χ3v) is 11.8. The molecule has 0 spiro atoms. The molecule has 0 saturated carbocycles. The summed E-state index contributed by atoms with van der Waals surface area (Å²) in [5.41, 5.74) is 9.84. The average Bonchev–Trinajstić information content (AvgIpc) is 3.79. The van der Waals surface area contributed by atoms with E-state index in [1.807, 2.05) is 11.3 Å². The molecule has 2 aromatic heterocycles. The van der Waals surface area contributed by atoms with Gasteiger partial charge in [0.2, 0.25) is 0 Å². The molecular weight excluding hydrogens is 663 g/mol. The molecule has 0 amide bonds. The summed E-state index contributed by atoms with van der Waals surface area (Å²) in [5.74, 6) is 0. The number of hydrogen-bond donors (Lipinski definition) is 0. The van der Waals surface area contributed by atoms with E-state index in [9.17, 15) is 0 Å². The Morgan fingerprint density at radius 1 is 0.340 bits per heavy atom. The van der Waals surface area contributed by atoms with Crippen molar-refractivity contribution in [3.05, 3.63) is 188 Å². The van der Waals surface area contributed by atoms with Crippen LogP contribution >= 0.6 is 11.3 Å². The van der Waals surface area contributed by atoms with Crippen LogP contribution in [0.4, 0.5) is 17.1 Å². The molecule has 3 heteroatoms. The van der Waals surface area contributed by atoms with Crippen LogP contribution in [0.3, 0.4) is 0 Å². The second-order valence-electron chi connectivity index (χ2n) is 13.7. The molecule has 0 aliphatic rings. The molecule has 0 unspecified atom stereocenters. The van der Waals surface area contributed by atoms with Gasteiger partial charge in [-0.1, -0.05) is 133 Å². The lowest BCUT2D eigenvalue weighted by molar-refractivity contribution is 0.674. The van der Waals surface area contributed by atoms with Crippen molar-refractivity contribution in [2.75, 3.05) is 4.90 Å². The van der Waals surface area contributed by atoms with Crippen molar-refractivity contribution >= 4 is 92.1 Å². The fourth-order valence-electron chi connectivity index (χ4n) is 8.11. The molecule has 11 rings (SSSR count). The van der Waals surface area contributed by atoms with Gasteiger partial charge in [0, 0.05) is 59.0 Å². The van der Waals surface area contributed by atoms with Crippen LogP contribution in [-0.4, -0.2) is 0 Å². The van der Waals surface area contributed by atoms with Gasteiger partial charge in [-0.05, 0) is 87.4 Å². The first-order valence-electron chi connectivity index (χ1n) is 18.0. The Bertz CT molecular complexity index is 3170. The van der Waals surface area contributed by atoms with Gasteiger partial charge in [-0.25, -0.2) is 0 Å². The Morgan fingerprint density at radius 3 is 1.85 bits per heavy atom. The number of fused-ring (bicyclic) bond motifs is 9. The second-order valence-corrected chi connectivity index (χ2v) is 14.8. The molecule has 11 aromatic rings. The topological polar surface area (TPSA) is 16.4 Å². The van der Waals surface area contributed by atoms with E-state index in [1.54, 1.807) is 0 Å². The van der Waals surface area contributed by atoms with Gasteiger partial charge in [-0.3, -0.25) is 0 Å². The molecule has 0 aliphatic carbocycles. The number of benzene rings is 9. The van der Waals surface area contributed by atoms with E-state index in [0.29, 0.717) is 0 Å². The van der Waals surface area contributed by atoms with Gasteiger partial charge in [0.25, 0.3) is 0 Å². The standard InChI is InChI=1S/C50H31NOS/c1-2-13-36(14-3-1)51(38-27-28-42-41-16-8-9-20-47(41)53-48(42)30-38)37-25-23-33(24-26-37)45-31-46-44-19-10-18-39(35-22-21-32-11-4-5-12-34(32)29-35)49(44)52-50(46)43-17-7-6-15-40(43)45/h1-31H. The van der Waals surface area contributed by atoms with Crippen molar-refractivity contribution in [3.63, 3.8) is 0 Å². The van der Waals surface area contributed by atoms with E-state index in [0.717, 1.165) is 55.5 Å². The second kappa shape index (κ2) is 11.9. The van der Waals surface area contributed by atoms with Gasteiger partial charge in [0.05, 0.1) is 0 Å². The summed E-state index contributed by atoms with van der Waals surface area (Å²) in [6, 6.07) is 67.9. The maximum atomic E-state index is 6.85. The van der Waals surface area contributed by atoms with Crippen LogP contribution in [-0.2, 0) is 0 Å². The molecule has 0 radical (unpaired) electrons. The van der Waals surface area contributed by atoms with E-state index in [1.165, 1.54) is 47.5 Å². The van der Waals surface area contributed by atoms with E-state index in [-0.39, 0.29) is 0 Å². The number of hydrogen-bond acceptors (Lipinski definition) is 3. The summed E-state index contributed by atoms with van der Waals surface area (Å²) < 4.78 is 9.45. The highest BCUT2D eigenvalue weighted by atomic mass is 32.1. The molecule has 248 valence electrons. The van der Waals surface area contributed by atoms with Gasteiger partial charge < -0.3 is 9.32 Å². The Kier molecular flexibility index (Phi) is 6.76. The van der Waals surface area contributed by atoms with Crippen molar-refractivity contribution in [2.45, 2.75) is 0 Å². The predicted molar refractivity (Wildman–Crippen MR) is 227 cm³/mol. The number of thiophene rings is 1. The number of rotatable bonds is 5. The van der Waals surface area contributed by atoms with Gasteiger partial charge >= 0.3 is 0 Å². The normalized spacial score (nSPS) is 11.8. The van der Waals surface area contributed by atoms with Crippen LogP contribution in [0.15, 0.2) is 192 Å². The number of nitrogens with zero attached hydrogens (tertiary/aromatic N) is 1. The van der Waals surface area contributed by atoms with Crippen LogP contribution in [0.5, 0.6) is 0 Å². The maximum Gasteiger partial charge on any atom is 0.143 e. The largest absolute Gasteiger partial charge is 0.455 e. The van der Waals surface area contributed by atoms with E-state index < -0.39 is 0 Å². The Balaban J connectivity index is 1.05. The lowest BCUT2D eigenvalue weighted by Crippen LogP contribution is -2.09. The zero-order valence-corrected chi connectivity index (χ0v) is 29.5. The maximum absolute atomic E-state index is 6.85. The molecular formula is C50H31NOS. The van der Waals surface area contributed by atoms with Crippen LogP contribution < -0.4 is 4.90 Å². The summed E-state index contributed by atoms with van der Waals surface area (Å²) in [7, 11) is 0. The third-order valence-electron chi connectivity index (χ3n) is 10.6. The van der Waals surface area contributed by atoms with Crippen LogP contribution in [0.25, 0.3) is 85.9 Å². The highest BCUT2D eigenvalue weighted by Crippen LogP contribution is 2.44. The predicted octanol–water partition coefficient (Wildman–Crippen LogP) is 15.1. The minimum Gasteiger partial charge on any atom is -0.455 e. The zero-order valence-electron chi connectivity index (χ0n) is 28.7. The van der Waals surface area contributed by atoms with E-state index >= 15 is 0 Å². The summed E-state index contributed by atoms with van der Waals surface area (Å²) >= 11 is 1.85. The van der Waals surface area contributed by atoms with Gasteiger partial charge in [0.15, 0.2) is 0 Å². The summed E-state index contributed by atoms with van der Waals surface area (Å²) in [5, 5.41) is 9.62. The monoisotopic (exact) mass is 693 g/mol. The lowest BCUT2D eigenvalue weighted by Gasteiger charge is -2.25. The van der Waals surface area contributed by atoms with Gasteiger partial charge in [0.1, 0.15) is 11.2 Å². The number of anilines is 3. The Labute approximate surface area is 310 Å². The van der Waals surface area contributed by atoms with Crippen molar-refractivity contribution < 1.29 is 4.42 Å². The molecule has 0 bridgehead atoms. The smallest absolute Gasteiger partial charge is 0.143 e. The van der Waals surface area contributed by atoms with Crippen LogP contribution in [0, 0.1) is 0 Å². The fraction of sp³-hybridized carbons (Fsp3) is 0. The number of para-hydroxylation sites is 2. The Morgan fingerprint density at radius 2 is 0.981 bits per heavy atom. The van der Waals surface area contributed by atoms with Gasteiger partial charge in [-0.2, -0.15) is 0 Å². The van der Waals surface area contributed by atoms with Crippen molar-refractivity contribution in [1.29, 1.82) is 0 Å². The first kappa shape index (κ1) is 30.0. The number of furan rings is 1. The molecule has 2 nitrogen and oxygen atoms in total. The minimum atomic E-state index is 0.921. The average molecular weight is 694 g/mol. The molecule has 0 fully saturated rings. The van der Waals surface area contributed by atoms with E-state index in [4.69, 9.17) is 4.42 Å². The summed E-state index contributed by atoms with van der Waals surface area (Å²) in [4.78, 5) is 2.35. The molecule has 0 saturated heterocycles. The summed E-state index contributed by atoms with van der Waals surface area (Å²) in [6.07, 6.45) is 0. The van der Waals surface area contributed by atoms with E-state index in [2.05, 4.69) is 193 Å². The van der Waals surface area contributed by atoms with Crippen molar-refractivity contribution in [3.8, 4) is 22.3 Å². The molecule has 9 aromatic carbocycles. The highest BCUT2D eigenvalue weighted by Gasteiger charge is 2.19. The van der Waals surface area contributed by atoms with Crippen molar-refractivity contribution in [2.24, 2.45) is 0 Å². The molecule has 0 N–H and O–H groups in total. The first-order chi connectivity index (χ1) is 26.3. The fourth-order valence-corrected chi connectivity index (χ4v) is 9.25.